The van der Waals surface area contributed by atoms with Crippen LogP contribution < -0.4 is 4.72 Å². The van der Waals surface area contributed by atoms with Crippen molar-refractivity contribution in [2.45, 2.75) is 43.1 Å². The van der Waals surface area contributed by atoms with Gasteiger partial charge in [0, 0.05) is 17.2 Å². The smallest absolute Gasteiger partial charge is 0.243 e. The fourth-order valence-electron chi connectivity index (χ4n) is 2.30. The standard InChI is InChI=1S/C13H18BrClN2O3S/c14-10-8-12(13(15)16-9-10)21(18,19)17-6-7-20-11-4-2-1-3-5-11/h8-9,11,17H,1-7H2. The van der Waals surface area contributed by atoms with Crippen LogP contribution in [-0.2, 0) is 14.8 Å². The summed E-state index contributed by atoms with van der Waals surface area (Å²) in [7, 11) is -3.67. The van der Waals surface area contributed by atoms with Crippen LogP contribution in [0.3, 0.4) is 0 Å². The molecule has 118 valence electrons. The van der Waals surface area contributed by atoms with Crippen LogP contribution in [0.5, 0.6) is 0 Å². The van der Waals surface area contributed by atoms with Crippen LogP contribution >= 0.6 is 27.5 Å². The van der Waals surface area contributed by atoms with Gasteiger partial charge in [0.2, 0.25) is 10.0 Å². The first-order chi connectivity index (χ1) is 9.99. The maximum absolute atomic E-state index is 12.1. The number of pyridine rings is 1. The van der Waals surface area contributed by atoms with Gasteiger partial charge in [-0.15, -0.1) is 0 Å². The van der Waals surface area contributed by atoms with Gasteiger partial charge in [-0.1, -0.05) is 30.9 Å². The number of halogens is 2. The van der Waals surface area contributed by atoms with Crippen LogP contribution in [0.2, 0.25) is 5.15 Å². The van der Waals surface area contributed by atoms with Gasteiger partial charge in [-0.2, -0.15) is 0 Å². The van der Waals surface area contributed by atoms with Crippen molar-refractivity contribution in [1.82, 2.24) is 9.71 Å². The zero-order valence-electron chi connectivity index (χ0n) is 11.5. The quantitative estimate of drug-likeness (QED) is 0.591. The molecular weight excluding hydrogens is 380 g/mol. The summed E-state index contributed by atoms with van der Waals surface area (Å²) >= 11 is 9.02. The number of nitrogens with zero attached hydrogens (tertiary/aromatic N) is 1. The summed E-state index contributed by atoms with van der Waals surface area (Å²) in [5, 5.41) is -0.0427. The molecule has 1 fully saturated rings. The van der Waals surface area contributed by atoms with Crippen molar-refractivity contribution in [2.75, 3.05) is 13.2 Å². The Bertz CT molecular complexity index is 577. The molecule has 0 spiro atoms. The van der Waals surface area contributed by atoms with Crippen molar-refractivity contribution in [3.8, 4) is 0 Å². The molecule has 0 atom stereocenters. The first-order valence-corrected chi connectivity index (χ1v) is 9.57. The minimum Gasteiger partial charge on any atom is -0.377 e. The maximum Gasteiger partial charge on any atom is 0.243 e. The van der Waals surface area contributed by atoms with Gasteiger partial charge >= 0.3 is 0 Å². The Morgan fingerprint density at radius 1 is 1.38 bits per heavy atom. The van der Waals surface area contributed by atoms with E-state index in [0.717, 1.165) is 12.8 Å². The molecule has 1 saturated carbocycles. The zero-order valence-corrected chi connectivity index (χ0v) is 14.7. The van der Waals surface area contributed by atoms with Crippen molar-refractivity contribution >= 4 is 37.6 Å². The van der Waals surface area contributed by atoms with Crippen molar-refractivity contribution in [1.29, 1.82) is 0 Å². The highest BCUT2D eigenvalue weighted by atomic mass is 79.9. The Morgan fingerprint density at radius 2 is 2.10 bits per heavy atom. The summed E-state index contributed by atoms with van der Waals surface area (Å²) in [6, 6.07) is 1.43. The summed E-state index contributed by atoms with van der Waals surface area (Å²) < 4.78 is 33.0. The van der Waals surface area contributed by atoms with Gasteiger partial charge < -0.3 is 4.74 Å². The molecule has 1 aliphatic rings. The average Bonchev–Trinajstić information content (AvgIpc) is 2.47. The molecule has 1 aliphatic carbocycles. The predicted molar refractivity (Wildman–Crippen MR) is 85.0 cm³/mol. The lowest BCUT2D eigenvalue weighted by molar-refractivity contribution is 0.0321. The second-order valence-corrected chi connectivity index (χ2v) is 7.98. The van der Waals surface area contributed by atoms with Gasteiger partial charge in [-0.25, -0.2) is 18.1 Å². The molecule has 1 aromatic heterocycles. The molecule has 0 amide bonds. The number of ether oxygens (including phenoxy) is 1. The van der Waals surface area contributed by atoms with Gasteiger partial charge in [0.15, 0.2) is 0 Å². The van der Waals surface area contributed by atoms with Crippen LogP contribution in [-0.4, -0.2) is 32.7 Å². The molecule has 0 aromatic carbocycles. The van der Waals surface area contributed by atoms with Crippen molar-refractivity contribution in [3.63, 3.8) is 0 Å². The van der Waals surface area contributed by atoms with Crippen LogP contribution in [0, 0.1) is 0 Å². The average molecular weight is 398 g/mol. The molecule has 0 bridgehead atoms. The van der Waals surface area contributed by atoms with Crippen molar-refractivity contribution in [3.05, 3.63) is 21.9 Å². The van der Waals surface area contributed by atoms with Crippen molar-refractivity contribution < 1.29 is 13.2 Å². The maximum atomic E-state index is 12.1. The first kappa shape index (κ1) is 17.1. The molecular formula is C13H18BrClN2O3S. The monoisotopic (exact) mass is 396 g/mol. The first-order valence-electron chi connectivity index (χ1n) is 6.91. The summed E-state index contributed by atoms with van der Waals surface area (Å²) in [6.45, 7) is 0.588. The van der Waals surface area contributed by atoms with E-state index in [1.54, 1.807) is 0 Å². The summed E-state index contributed by atoms with van der Waals surface area (Å²) in [5.41, 5.74) is 0. The molecule has 0 aliphatic heterocycles. The van der Waals surface area contributed by atoms with E-state index in [1.807, 2.05) is 0 Å². The second kappa shape index (κ2) is 7.87. The van der Waals surface area contributed by atoms with Gasteiger partial charge in [-0.3, -0.25) is 0 Å². The third-order valence-electron chi connectivity index (χ3n) is 3.36. The molecule has 8 heteroatoms. The lowest BCUT2D eigenvalue weighted by Crippen LogP contribution is -2.29. The highest BCUT2D eigenvalue weighted by Crippen LogP contribution is 2.22. The van der Waals surface area contributed by atoms with E-state index in [9.17, 15) is 8.42 Å². The van der Waals surface area contributed by atoms with E-state index >= 15 is 0 Å². The Morgan fingerprint density at radius 3 is 2.81 bits per heavy atom. The van der Waals surface area contributed by atoms with Crippen LogP contribution in [0.1, 0.15) is 32.1 Å². The Balaban J connectivity index is 1.85. The zero-order chi connectivity index (χ0) is 15.3. The van der Waals surface area contributed by atoms with E-state index in [4.69, 9.17) is 16.3 Å². The summed E-state index contributed by atoms with van der Waals surface area (Å²) in [5.74, 6) is 0. The molecule has 1 aromatic rings. The SMILES string of the molecule is O=S(=O)(NCCOC1CCCCC1)c1cc(Br)cnc1Cl. The number of hydrogen-bond donors (Lipinski definition) is 1. The Kier molecular flexibility index (Phi) is 6.43. The van der Waals surface area contributed by atoms with E-state index in [-0.39, 0.29) is 22.7 Å². The minimum atomic E-state index is -3.67. The number of rotatable bonds is 6. The number of hydrogen-bond acceptors (Lipinski definition) is 4. The van der Waals surface area contributed by atoms with Gasteiger partial charge in [0.25, 0.3) is 0 Å². The van der Waals surface area contributed by atoms with Gasteiger partial charge in [-0.05, 0) is 34.8 Å². The minimum absolute atomic E-state index is 0.0313. The van der Waals surface area contributed by atoms with Gasteiger partial charge in [0.05, 0.1) is 12.7 Å². The predicted octanol–water partition coefficient (Wildman–Crippen LogP) is 3.13. The fourth-order valence-corrected chi connectivity index (χ4v) is 4.26. The van der Waals surface area contributed by atoms with E-state index in [2.05, 4.69) is 25.6 Å². The highest BCUT2D eigenvalue weighted by Gasteiger charge is 2.19. The summed E-state index contributed by atoms with van der Waals surface area (Å²) in [6.07, 6.45) is 7.49. The number of aromatic nitrogens is 1. The third kappa shape index (κ3) is 5.17. The van der Waals surface area contributed by atoms with Gasteiger partial charge in [0.1, 0.15) is 10.0 Å². The van der Waals surface area contributed by atoms with Crippen LogP contribution in [0.25, 0.3) is 0 Å². The second-order valence-electron chi connectivity index (χ2n) is 4.97. The molecule has 5 nitrogen and oxygen atoms in total. The van der Waals surface area contributed by atoms with E-state index in [1.165, 1.54) is 31.5 Å². The van der Waals surface area contributed by atoms with Crippen LogP contribution in [0.4, 0.5) is 0 Å². The molecule has 0 unspecified atom stereocenters. The molecule has 21 heavy (non-hydrogen) atoms. The summed E-state index contributed by atoms with van der Waals surface area (Å²) in [4.78, 5) is 3.78. The molecule has 2 rings (SSSR count). The molecule has 1 heterocycles. The number of sulfonamides is 1. The Hall–Kier alpha value is -0.210. The lowest BCUT2D eigenvalue weighted by atomic mass is 9.98. The number of nitrogens with one attached hydrogen (secondary N) is 1. The fraction of sp³-hybridized carbons (Fsp3) is 0.615. The van der Waals surface area contributed by atoms with E-state index < -0.39 is 10.0 Å². The largest absolute Gasteiger partial charge is 0.377 e. The molecule has 0 saturated heterocycles. The highest BCUT2D eigenvalue weighted by molar-refractivity contribution is 9.10. The molecule has 1 N–H and O–H groups in total. The Labute approximate surface area is 138 Å². The van der Waals surface area contributed by atoms with Crippen LogP contribution in [0.15, 0.2) is 21.6 Å². The topological polar surface area (TPSA) is 68.3 Å². The third-order valence-corrected chi connectivity index (χ3v) is 5.68. The normalized spacial score (nSPS) is 17.0. The van der Waals surface area contributed by atoms with E-state index in [0.29, 0.717) is 11.1 Å². The lowest BCUT2D eigenvalue weighted by Gasteiger charge is -2.22. The van der Waals surface area contributed by atoms with Crippen molar-refractivity contribution in [2.24, 2.45) is 0 Å². The molecule has 0 radical (unpaired) electrons.